The Labute approximate surface area is 169 Å². The second-order valence-corrected chi connectivity index (χ2v) is 7.01. The fourth-order valence-electron chi connectivity index (χ4n) is 3.08. The number of halogens is 1. The van der Waals surface area contributed by atoms with Gasteiger partial charge in [-0.25, -0.2) is 9.78 Å². The van der Waals surface area contributed by atoms with Crippen LogP contribution >= 0.6 is 11.6 Å². The number of amides is 3. The van der Waals surface area contributed by atoms with Gasteiger partial charge in [0.15, 0.2) is 0 Å². The summed E-state index contributed by atoms with van der Waals surface area (Å²) in [6.07, 6.45) is 2.04. The molecule has 148 valence electrons. The summed E-state index contributed by atoms with van der Waals surface area (Å²) in [5.74, 6) is 0.976. The topological polar surface area (TPSA) is 77.6 Å². The minimum absolute atomic E-state index is 0.0416. The van der Waals surface area contributed by atoms with Crippen molar-refractivity contribution in [1.82, 2.24) is 15.2 Å². The standard InChI is InChI=1S/C20H24ClN5O2/c1-15-16(21)5-4-6-17(15)24-20(28)23-10-8-19(27)26-13-11-25(12-14-26)18-7-2-3-9-22-18/h2-7,9H,8,10-14H2,1H3,(H2,23,24,28). The lowest BCUT2D eigenvalue weighted by Gasteiger charge is -2.35. The second-order valence-electron chi connectivity index (χ2n) is 6.60. The van der Waals surface area contributed by atoms with Gasteiger partial charge >= 0.3 is 6.03 Å². The number of hydrogen-bond donors (Lipinski definition) is 2. The fraction of sp³-hybridized carbons (Fsp3) is 0.350. The predicted molar refractivity (Wildman–Crippen MR) is 111 cm³/mol. The van der Waals surface area contributed by atoms with Gasteiger partial charge in [-0.1, -0.05) is 23.7 Å². The highest BCUT2D eigenvalue weighted by Gasteiger charge is 2.21. The molecule has 8 heteroatoms. The molecule has 1 fully saturated rings. The SMILES string of the molecule is Cc1c(Cl)cccc1NC(=O)NCCC(=O)N1CCN(c2ccccn2)CC1. The molecule has 0 spiro atoms. The molecular formula is C20H24ClN5O2. The zero-order chi connectivity index (χ0) is 19.9. The van der Waals surface area contributed by atoms with Crippen LogP contribution in [0.3, 0.4) is 0 Å². The fourth-order valence-corrected chi connectivity index (χ4v) is 3.25. The first-order chi connectivity index (χ1) is 13.5. The number of urea groups is 1. The smallest absolute Gasteiger partial charge is 0.319 e. The third kappa shape index (κ3) is 5.13. The zero-order valence-electron chi connectivity index (χ0n) is 15.8. The summed E-state index contributed by atoms with van der Waals surface area (Å²) in [5, 5.41) is 6.07. The maximum absolute atomic E-state index is 12.4. The first-order valence-electron chi connectivity index (χ1n) is 9.28. The number of carbonyl (C=O) groups excluding carboxylic acids is 2. The van der Waals surface area contributed by atoms with Crippen LogP contribution in [0.15, 0.2) is 42.6 Å². The van der Waals surface area contributed by atoms with Crippen LogP contribution < -0.4 is 15.5 Å². The number of rotatable bonds is 5. The van der Waals surface area contributed by atoms with E-state index in [1.54, 1.807) is 24.4 Å². The number of nitrogens with zero attached hydrogens (tertiary/aromatic N) is 3. The van der Waals surface area contributed by atoms with Crippen molar-refractivity contribution in [3.8, 4) is 0 Å². The van der Waals surface area contributed by atoms with Crippen LogP contribution in [0.1, 0.15) is 12.0 Å². The molecule has 0 radical (unpaired) electrons. The molecule has 3 rings (SSSR count). The van der Waals surface area contributed by atoms with E-state index in [0.717, 1.165) is 24.5 Å². The third-order valence-electron chi connectivity index (χ3n) is 4.75. The average molecular weight is 402 g/mol. The molecule has 1 aliphatic heterocycles. The van der Waals surface area contributed by atoms with Crippen molar-refractivity contribution in [1.29, 1.82) is 0 Å². The minimum Gasteiger partial charge on any atom is -0.353 e. The molecule has 0 aliphatic carbocycles. The Hall–Kier alpha value is -2.80. The minimum atomic E-state index is -0.349. The summed E-state index contributed by atoms with van der Waals surface area (Å²) in [4.78, 5) is 32.8. The van der Waals surface area contributed by atoms with E-state index in [9.17, 15) is 9.59 Å². The number of pyridine rings is 1. The van der Waals surface area contributed by atoms with E-state index in [-0.39, 0.29) is 24.9 Å². The maximum Gasteiger partial charge on any atom is 0.319 e. The van der Waals surface area contributed by atoms with Crippen LogP contribution in [-0.4, -0.2) is 54.5 Å². The normalized spacial score (nSPS) is 13.9. The molecule has 1 saturated heterocycles. The molecule has 2 aromatic rings. The largest absolute Gasteiger partial charge is 0.353 e. The lowest BCUT2D eigenvalue weighted by Crippen LogP contribution is -2.49. The molecular weight excluding hydrogens is 378 g/mol. The Morgan fingerprint density at radius 1 is 1.11 bits per heavy atom. The first kappa shape index (κ1) is 19.9. The van der Waals surface area contributed by atoms with Crippen molar-refractivity contribution >= 4 is 35.0 Å². The van der Waals surface area contributed by atoms with Crippen molar-refractivity contribution in [3.05, 3.63) is 53.2 Å². The summed E-state index contributed by atoms with van der Waals surface area (Å²) in [6.45, 7) is 4.94. The maximum atomic E-state index is 12.4. The molecule has 7 nitrogen and oxygen atoms in total. The third-order valence-corrected chi connectivity index (χ3v) is 5.16. The number of nitrogens with one attached hydrogen (secondary N) is 2. The summed E-state index contributed by atoms with van der Waals surface area (Å²) in [5.41, 5.74) is 1.46. The zero-order valence-corrected chi connectivity index (χ0v) is 16.6. The van der Waals surface area contributed by atoms with Gasteiger partial charge in [0.1, 0.15) is 5.82 Å². The molecule has 0 atom stereocenters. The lowest BCUT2D eigenvalue weighted by molar-refractivity contribution is -0.131. The van der Waals surface area contributed by atoms with Crippen molar-refractivity contribution in [2.24, 2.45) is 0 Å². The Morgan fingerprint density at radius 2 is 1.89 bits per heavy atom. The molecule has 0 unspecified atom stereocenters. The number of piperazine rings is 1. The molecule has 1 aromatic carbocycles. The number of anilines is 2. The Morgan fingerprint density at radius 3 is 2.61 bits per heavy atom. The number of carbonyl (C=O) groups is 2. The number of benzene rings is 1. The van der Waals surface area contributed by atoms with Crippen LogP contribution in [0.4, 0.5) is 16.3 Å². The van der Waals surface area contributed by atoms with Crippen molar-refractivity contribution in [2.75, 3.05) is 42.9 Å². The molecule has 0 bridgehead atoms. The van der Waals surface area contributed by atoms with Crippen LogP contribution in [0, 0.1) is 6.92 Å². The quantitative estimate of drug-likeness (QED) is 0.807. The molecule has 3 amide bonds. The molecule has 1 aromatic heterocycles. The van der Waals surface area contributed by atoms with Gasteiger partial charge < -0.3 is 20.4 Å². The summed E-state index contributed by atoms with van der Waals surface area (Å²) < 4.78 is 0. The van der Waals surface area contributed by atoms with E-state index in [4.69, 9.17) is 11.6 Å². The van der Waals surface area contributed by atoms with Crippen molar-refractivity contribution in [3.63, 3.8) is 0 Å². The van der Waals surface area contributed by atoms with Gasteiger partial charge in [0, 0.05) is 56.1 Å². The van der Waals surface area contributed by atoms with Gasteiger partial charge in [-0.05, 0) is 36.8 Å². The van der Waals surface area contributed by atoms with Gasteiger partial charge in [0.2, 0.25) is 5.91 Å². The second kappa shape index (κ2) is 9.41. The first-order valence-corrected chi connectivity index (χ1v) is 9.66. The van der Waals surface area contributed by atoms with E-state index in [1.165, 1.54) is 0 Å². The summed E-state index contributed by atoms with van der Waals surface area (Å²) in [7, 11) is 0. The van der Waals surface area contributed by atoms with Crippen molar-refractivity contribution < 1.29 is 9.59 Å². The number of hydrogen-bond acceptors (Lipinski definition) is 4. The van der Waals surface area contributed by atoms with Gasteiger partial charge in [-0.3, -0.25) is 4.79 Å². The summed E-state index contributed by atoms with van der Waals surface area (Å²) >= 11 is 6.05. The van der Waals surface area contributed by atoms with E-state index >= 15 is 0 Å². The highest BCUT2D eigenvalue weighted by Crippen LogP contribution is 2.22. The van der Waals surface area contributed by atoms with Crippen LogP contribution in [0.25, 0.3) is 0 Å². The van der Waals surface area contributed by atoms with Crippen LogP contribution in [0.2, 0.25) is 5.02 Å². The molecule has 2 N–H and O–H groups in total. The van der Waals surface area contributed by atoms with Crippen molar-refractivity contribution in [2.45, 2.75) is 13.3 Å². The van der Waals surface area contributed by atoms with Gasteiger partial charge in [0.25, 0.3) is 0 Å². The monoisotopic (exact) mass is 401 g/mol. The molecule has 2 heterocycles. The average Bonchev–Trinajstić information content (AvgIpc) is 2.72. The Balaban J connectivity index is 1.39. The Bertz CT molecular complexity index is 823. The summed E-state index contributed by atoms with van der Waals surface area (Å²) in [6, 6.07) is 10.8. The van der Waals surface area contributed by atoms with Crippen LogP contribution in [0.5, 0.6) is 0 Å². The number of aromatic nitrogens is 1. The van der Waals surface area contributed by atoms with E-state index < -0.39 is 0 Å². The van der Waals surface area contributed by atoms with Gasteiger partial charge in [0.05, 0.1) is 0 Å². The van der Waals surface area contributed by atoms with E-state index in [1.807, 2.05) is 30.0 Å². The molecule has 28 heavy (non-hydrogen) atoms. The molecule has 1 aliphatic rings. The highest BCUT2D eigenvalue weighted by atomic mass is 35.5. The van der Waals surface area contributed by atoms with Gasteiger partial charge in [-0.15, -0.1) is 0 Å². The lowest BCUT2D eigenvalue weighted by atomic mass is 10.2. The molecule has 0 saturated carbocycles. The van der Waals surface area contributed by atoms with Crippen LogP contribution in [-0.2, 0) is 4.79 Å². The predicted octanol–water partition coefficient (Wildman–Crippen LogP) is 2.90. The van der Waals surface area contributed by atoms with E-state index in [2.05, 4.69) is 20.5 Å². The van der Waals surface area contributed by atoms with E-state index in [0.29, 0.717) is 23.8 Å². The highest BCUT2D eigenvalue weighted by molar-refractivity contribution is 6.31. The van der Waals surface area contributed by atoms with Gasteiger partial charge in [-0.2, -0.15) is 0 Å². The Kier molecular flexibility index (Phi) is 6.71.